The van der Waals surface area contributed by atoms with Gasteiger partial charge in [0, 0.05) is 12.5 Å². The van der Waals surface area contributed by atoms with Crippen molar-refractivity contribution in [1.82, 2.24) is 14.5 Å². The van der Waals surface area contributed by atoms with E-state index in [1.54, 1.807) is 4.57 Å². The number of aromatic nitrogens is 2. The van der Waals surface area contributed by atoms with Crippen LogP contribution < -0.4 is 5.56 Å². The summed E-state index contributed by atoms with van der Waals surface area (Å²) in [6.07, 6.45) is 0. The second kappa shape index (κ2) is 9.82. The molecule has 0 fully saturated rings. The molecule has 1 amide bonds. The number of carbonyl (C=O) groups is 1. The fraction of sp³-hybridized carbons (Fsp3) is 0.250. The van der Waals surface area contributed by atoms with E-state index in [1.165, 1.54) is 0 Å². The molecule has 3 aromatic carbocycles. The number of nitrogens with zero attached hydrogens (tertiary/aromatic N) is 3. The molecule has 0 aliphatic carbocycles. The highest BCUT2D eigenvalue weighted by molar-refractivity contribution is 5.79. The third-order valence-corrected chi connectivity index (χ3v) is 5.89. The van der Waals surface area contributed by atoms with Crippen molar-refractivity contribution in [3.05, 3.63) is 112 Å². The molecule has 0 bridgehead atoms. The van der Waals surface area contributed by atoms with E-state index < -0.39 is 0 Å². The molecule has 0 spiro atoms. The number of hydrogen-bond acceptors (Lipinski definition) is 3. The first-order chi connectivity index (χ1) is 16.0. The van der Waals surface area contributed by atoms with E-state index in [0.717, 1.165) is 11.1 Å². The largest absolute Gasteiger partial charge is 0.328 e. The molecule has 1 atom stereocenters. The van der Waals surface area contributed by atoms with Crippen LogP contribution in [0.25, 0.3) is 10.9 Å². The zero-order valence-electron chi connectivity index (χ0n) is 19.3. The molecule has 0 N–H and O–H groups in total. The molecule has 33 heavy (non-hydrogen) atoms. The molecule has 0 aliphatic heterocycles. The maximum atomic E-state index is 13.6. The van der Waals surface area contributed by atoms with Gasteiger partial charge in [-0.15, -0.1) is 0 Å². The summed E-state index contributed by atoms with van der Waals surface area (Å²) in [6.45, 7) is 6.61. The predicted molar refractivity (Wildman–Crippen MR) is 132 cm³/mol. The molecule has 168 valence electrons. The highest BCUT2D eigenvalue weighted by atomic mass is 16.2. The molecule has 0 saturated heterocycles. The van der Waals surface area contributed by atoms with Crippen LogP contribution in [0.3, 0.4) is 0 Å². The highest BCUT2D eigenvalue weighted by Gasteiger charge is 2.28. The average Bonchev–Trinajstić information content (AvgIpc) is 2.84. The van der Waals surface area contributed by atoms with Gasteiger partial charge < -0.3 is 4.90 Å². The van der Waals surface area contributed by atoms with Crippen LogP contribution in [-0.4, -0.2) is 20.4 Å². The van der Waals surface area contributed by atoms with Gasteiger partial charge >= 0.3 is 0 Å². The van der Waals surface area contributed by atoms with Crippen LogP contribution in [0.1, 0.15) is 43.8 Å². The second-order valence-corrected chi connectivity index (χ2v) is 8.65. The molecule has 1 aromatic heterocycles. The molecular weight excluding hydrogens is 410 g/mol. The third kappa shape index (κ3) is 4.87. The van der Waals surface area contributed by atoms with Crippen molar-refractivity contribution in [2.24, 2.45) is 5.92 Å². The van der Waals surface area contributed by atoms with Crippen molar-refractivity contribution < 1.29 is 4.79 Å². The Bertz CT molecular complexity index is 1300. The van der Waals surface area contributed by atoms with Crippen molar-refractivity contribution in [1.29, 1.82) is 0 Å². The van der Waals surface area contributed by atoms with Gasteiger partial charge in [-0.05, 0) is 30.2 Å². The zero-order chi connectivity index (χ0) is 23.4. The van der Waals surface area contributed by atoms with Gasteiger partial charge in [-0.1, -0.05) is 86.6 Å². The number of benzene rings is 3. The quantitative estimate of drug-likeness (QED) is 0.398. The first kappa shape index (κ1) is 22.5. The van der Waals surface area contributed by atoms with Gasteiger partial charge in [0.2, 0.25) is 5.91 Å². The van der Waals surface area contributed by atoms with Gasteiger partial charge in [0.15, 0.2) is 0 Å². The Labute approximate surface area is 194 Å². The molecule has 0 saturated carbocycles. The van der Waals surface area contributed by atoms with Crippen molar-refractivity contribution in [3.63, 3.8) is 0 Å². The smallest absolute Gasteiger partial charge is 0.261 e. The van der Waals surface area contributed by atoms with Gasteiger partial charge in [-0.3, -0.25) is 14.2 Å². The number of para-hydroxylation sites is 1. The second-order valence-electron chi connectivity index (χ2n) is 8.65. The SMILES string of the molecule is CC(C)C(=O)N(Cc1ccccc1)C(C)c1nc2ccccc2c(=O)n1Cc1ccccc1. The molecule has 4 aromatic rings. The molecule has 5 nitrogen and oxygen atoms in total. The van der Waals surface area contributed by atoms with Crippen LogP contribution in [0.5, 0.6) is 0 Å². The standard InChI is InChI=1S/C28H29N3O2/c1-20(2)27(32)30(18-22-12-6-4-7-13-22)21(3)26-29-25-17-11-10-16-24(25)28(33)31(26)19-23-14-8-5-9-15-23/h4-17,20-21H,18-19H2,1-3H3. The Morgan fingerprint density at radius 3 is 2.06 bits per heavy atom. The zero-order valence-corrected chi connectivity index (χ0v) is 19.3. The van der Waals surface area contributed by atoms with Crippen LogP contribution in [0, 0.1) is 5.92 Å². The van der Waals surface area contributed by atoms with E-state index in [2.05, 4.69) is 0 Å². The summed E-state index contributed by atoms with van der Waals surface area (Å²) in [4.78, 5) is 33.6. The third-order valence-electron chi connectivity index (χ3n) is 5.89. The van der Waals surface area contributed by atoms with Gasteiger partial charge in [-0.25, -0.2) is 4.98 Å². The number of amides is 1. The summed E-state index contributed by atoms with van der Waals surface area (Å²) < 4.78 is 1.72. The van der Waals surface area contributed by atoms with Gasteiger partial charge in [0.05, 0.1) is 23.5 Å². The summed E-state index contributed by atoms with van der Waals surface area (Å²) in [5.41, 5.74) is 2.60. The van der Waals surface area contributed by atoms with Crippen molar-refractivity contribution in [2.45, 2.75) is 39.9 Å². The molecular formula is C28H29N3O2. The minimum Gasteiger partial charge on any atom is -0.328 e. The Morgan fingerprint density at radius 1 is 0.848 bits per heavy atom. The topological polar surface area (TPSA) is 55.2 Å². The van der Waals surface area contributed by atoms with E-state index in [9.17, 15) is 9.59 Å². The first-order valence-corrected chi connectivity index (χ1v) is 11.3. The minimum absolute atomic E-state index is 0.0278. The van der Waals surface area contributed by atoms with Gasteiger partial charge in [-0.2, -0.15) is 0 Å². The highest BCUT2D eigenvalue weighted by Crippen LogP contribution is 2.25. The average molecular weight is 440 g/mol. The molecule has 0 radical (unpaired) electrons. The summed E-state index contributed by atoms with van der Waals surface area (Å²) in [7, 11) is 0. The monoisotopic (exact) mass is 439 g/mol. The van der Waals surface area contributed by atoms with E-state index >= 15 is 0 Å². The van der Waals surface area contributed by atoms with Crippen LogP contribution in [0.2, 0.25) is 0 Å². The summed E-state index contributed by atoms with van der Waals surface area (Å²) in [5, 5.41) is 0.578. The van der Waals surface area contributed by atoms with E-state index in [1.807, 2.05) is 111 Å². The normalized spacial score (nSPS) is 12.1. The molecule has 5 heteroatoms. The number of hydrogen-bond donors (Lipinski definition) is 0. The fourth-order valence-electron chi connectivity index (χ4n) is 4.08. The van der Waals surface area contributed by atoms with Crippen LogP contribution in [0.15, 0.2) is 89.7 Å². The van der Waals surface area contributed by atoms with E-state index in [0.29, 0.717) is 29.8 Å². The Morgan fingerprint density at radius 2 is 1.42 bits per heavy atom. The van der Waals surface area contributed by atoms with Crippen molar-refractivity contribution in [2.75, 3.05) is 0 Å². The maximum absolute atomic E-state index is 13.6. The van der Waals surface area contributed by atoms with Gasteiger partial charge in [0.25, 0.3) is 5.56 Å². The summed E-state index contributed by atoms with van der Waals surface area (Å²) in [6, 6.07) is 26.8. The predicted octanol–water partition coefficient (Wildman–Crippen LogP) is 5.19. The van der Waals surface area contributed by atoms with Crippen LogP contribution >= 0.6 is 0 Å². The summed E-state index contributed by atoms with van der Waals surface area (Å²) in [5.74, 6) is 0.443. The summed E-state index contributed by atoms with van der Waals surface area (Å²) >= 11 is 0. The van der Waals surface area contributed by atoms with Crippen molar-refractivity contribution >= 4 is 16.8 Å². The van der Waals surface area contributed by atoms with E-state index in [4.69, 9.17) is 4.98 Å². The lowest BCUT2D eigenvalue weighted by Gasteiger charge is -2.32. The number of carbonyl (C=O) groups excluding carboxylic acids is 1. The van der Waals surface area contributed by atoms with Crippen molar-refractivity contribution in [3.8, 4) is 0 Å². The molecule has 4 rings (SSSR count). The molecule has 1 heterocycles. The molecule has 0 aliphatic rings. The number of rotatable bonds is 7. The lowest BCUT2D eigenvalue weighted by Crippen LogP contribution is -2.39. The first-order valence-electron chi connectivity index (χ1n) is 11.3. The fourth-order valence-corrected chi connectivity index (χ4v) is 4.08. The van der Waals surface area contributed by atoms with E-state index in [-0.39, 0.29) is 23.4 Å². The van der Waals surface area contributed by atoms with Gasteiger partial charge in [0.1, 0.15) is 5.82 Å². The van der Waals surface area contributed by atoms with Crippen LogP contribution in [-0.2, 0) is 17.9 Å². The van der Waals surface area contributed by atoms with Crippen LogP contribution in [0.4, 0.5) is 0 Å². The minimum atomic E-state index is -0.388. The lowest BCUT2D eigenvalue weighted by atomic mass is 10.1. The Kier molecular flexibility index (Phi) is 6.68. The Hall–Kier alpha value is -3.73. The Balaban J connectivity index is 1.85. The maximum Gasteiger partial charge on any atom is 0.261 e. The molecule has 1 unspecified atom stereocenters. The number of fused-ring (bicyclic) bond motifs is 1. The lowest BCUT2D eigenvalue weighted by molar-refractivity contribution is -0.137.